The predicted octanol–water partition coefficient (Wildman–Crippen LogP) is 3.77. The number of nitrogens with one attached hydrogen (secondary N) is 1. The van der Waals surface area contributed by atoms with Crippen LogP contribution in [0, 0.1) is 0 Å². The van der Waals surface area contributed by atoms with E-state index in [2.05, 4.69) is 20.0 Å². The van der Waals surface area contributed by atoms with Crippen LogP contribution < -0.4 is 15.8 Å². The summed E-state index contributed by atoms with van der Waals surface area (Å²) in [6, 6.07) is 3.39. The minimum absolute atomic E-state index is 0. The Balaban J connectivity index is 0.00000312. The number of aromatic nitrogens is 1. The summed E-state index contributed by atoms with van der Waals surface area (Å²) in [6.07, 6.45) is 4.21. The summed E-state index contributed by atoms with van der Waals surface area (Å²) in [6.45, 7) is -1.03. The third kappa shape index (κ3) is 9.13. The van der Waals surface area contributed by atoms with Gasteiger partial charge in [0.1, 0.15) is 0 Å². The van der Waals surface area contributed by atoms with Crippen LogP contribution in [-0.4, -0.2) is 29.8 Å². The van der Waals surface area contributed by atoms with Gasteiger partial charge in [-0.05, 0) is 18.4 Å². The first-order valence-electron chi connectivity index (χ1n) is 8.13. The Morgan fingerprint density at radius 3 is 2.48 bits per heavy atom. The van der Waals surface area contributed by atoms with Gasteiger partial charge in [-0.25, -0.2) is 9.98 Å². The van der Waals surface area contributed by atoms with Crippen molar-refractivity contribution in [3.05, 3.63) is 23.9 Å². The predicted molar refractivity (Wildman–Crippen MR) is 101 cm³/mol. The van der Waals surface area contributed by atoms with Crippen LogP contribution in [0.4, 0.5) is 13.2 Å². The van der Waals surface area contributed by atoms with Gasteiger partial charge in [0.2, 0.25) is 5.88 Å². The Hall–Kier alpha value is -1.26. The number of hydrogen-bond donors (Lipinski definition) is 2. The van der Waals surface area contributed by atoms with Crippen molar-refractivity contribution < 1.29 is 17.9 Å². The molecule has 1 fully saturated rings. The van der Waals surface area contributed by atoms with E-state index in [-0.39, 0.29) is 29.9 Å². The second kappa shape index (κ2) is 10.7. The van der Waals surface area contributed by atoms with Gasteiger partial charge in [-0.3, -0.25) is 0 Å². The van der Waals surface area contributed by atoms with Crippen molar-refractivity contribution in [1.82, 2.24) is 10.3 Å². The number of hydrogen-bond acceptors (Lipinski definition) is 3. The van der Waals surface area contributed by atoms with Crippen molar-refractivity contribution >= 4 is 29.9 Å². The average molecular weight is 472 g/mol. The van der Waals surface area contributed by atoms with Gasteiger partial charge < -0.3 is 15.8 Å². The Morgan fingerprint density at radius 2 is 1.92 bits per heavy atom. The molecule has 1 saturated carbocycles. The number of pyridine rings is 1. The maximum Gasteiger partial charge on any atom is 0.422 e. The molecule has 1 heterocycles. The van der Waals surface area contributed by atoms with Crippen LogP contribution in [0.1, 0.15) is 44.1 Å². The summed E-state index contributed by atoms with van der Waals surface area (Å²) in [5.41, 5.74) is 6.65. The largest absolute Gasteiger partial charge is 0.468 e. The van der Waals surface area contributed by atoms with Crippen molar-refractivity contribution in [2.24, 2.45) is 10.7 Å². The highest BCUT2D eigenvalue weighted by atomic mass is 127. The lowest BCUT2D eigenvalue weighted by atomic mass is 10.1. The normalized spacial score (nSPS) is 16.7. The van der Waals surface area contributed by atoms with E-state index in [1.807, 2.05) is 0 Å². The van der Waals surface area contributed by atoms with E-state index < -0.39 is 12.8 Å². The molecule has 0 atom stereocenters. The van der Waals surface area contributed by atoms with E-state index in [4.69, 9.17) is 5.73 Å². The summed E-state index contributed by atoms with van der Waals surface area (Å²) >= 11 is 0. The molecule has 1 aliphatic rings. The Kier molecular flexibility index (Phi) is 9.30. The fourth-order valence-corrected chi connectivity index (χ4v) is 2.60. The topological polar surface area (TPSA) is 72.5 Å². The molecule has 9 heteroatoms. The lowest BCUT2D eigenvalue weighted by Gasteiger charge is -2.16. The van der Waals surface area contributed by atoms with Gasteiger partial charge in [-0.2, -0.15) is 13.2 Å². The van der Waals surface area contributed by atoms with Gasteiger partial charge in [0.15, 0.2) is 12.6 Å². The van der Waals surface area contributed by atoms with Crippen molar-refractivity contribution in [1.29, 1.82) is 0 Å². The zero-order valence-corrected chi connectivity index (χ0v) is 16.2. The van der Waals surface area contributed by atoms with E-state index in [0.717, 1.165) is 18.4 Å². The molecule has 25 heavy (non-hydrogen) atoms. The molecule has 0 unspecified atom stereocenters. The summed E-state index contributed by atoms with van der Waals surface area (Å²) in [5, 5.41) is 3.24. The van der Waals surface area contributed by atoms with Crippen LogP contribution in [-0.2, 0) is 6.54 Å². The average Bonchev–Trinajstić information content (AvgIpc) is 2.80. The van der Waals surface area contributed by atoms with Gasteiger partial charge in [0.05, 0.1) is 6.54 Å². The fraction of sp³-hybridized carbons (Fsp3) is 0.625. The molecule has 0 aliphatic heterocycles. The molecule has 142 valence electrons. The smallest absolute Gasteiger partial charge is 0.422 e. The molecule has 1 aromatic heterocycles. The first-order chi connectivity index (χ1) is 11.4. The first-order valence-corrected chi connectivity index (χ1v) is 8.13. The maximum absolute atomic E-state index is 12.1. The zero-order valence-electron chi connectivity index (χ0n) is 13.9. The fourth-order valence-electron chi connectivity index (χ4n) is 2.60. The number of aliphatic imine (C=N–C) groups is 1. The second-order valence-electron chi connectivity index (χ2n) is 5.94. The minimum Gasteiger partial charge on any atom is -0.468 e. The lowest BCUT2D eigenvalue weighted by molar-refractivity contribution is -0.154. The van der Waals surface area contributed by atoms with Crippen LogP contribution in [0.3, 0.4) is 0 Å². The molecule has 0 saturated heterocycles. The molecule has 0 amide bonds. The number of ether oxygens (including phenoxy) is 1. The SMILES string of the molecule is I.NC(=NCc1ccc(OCC(F)(F)F)nc1)NC1CCCCCC1. The number of halogens is 4. The van der Waals surface area contributed by atoms with Gasteiger partial charge >= 0.3 is 6.18 Å². The van der Waals surface area contributed by atoms with E-state index in [9.17, 15) is 13.2 Å². The lowest BCUT2D eigenvalue weighted by Crippen LogP contribution is -2.39. The van der Waals surface area contributed by atoms with Gasteiger partial charge in [0, 0.05) is 18.3 Å². The van der Waals surface area contributed by atoms with Crippen molar-refractivity contribution in [3.8, 4) is 5.88 Å². The summed E-state index contributed by atoms with van der Waals surface area (Å²) in [5.74, 6) is 0.323. The van der Waals surface area contributed by atoms with Crippen molar-refractivity contribution in [2.45, 2.75) is 57.3 Å². The quantitative estimate of drug-likeness (QED) is 0.296. The van der Waals surface area contributed by atoms with Crippen LogP contribution in [0.25, 0.3) is 0 Å². The number of nitrogens with zero attached hydrogens (tertiary/aromatic N) is 2. The molecule has 0 radical (unpaired) electrons. The number of nitrogens with two attached hydrogens (primary N) is 1. The van der Waals surface area contributed by atoms with E-state index in [1.165, 1.54) is 37.9 Å². The Bertz CT molecular complexity index is 529. The van der Waals surface area contributed by atoms with Crippen molar-refractivity contribution in [2.75, 3.05) is 6.61 Å². The highest BCUT2D eigenvalue weighted by molar-refractivity contribution is 14.0. The summed E-state index contributed by atoms with van der Waals surface area (Å²) in [7, 11) is 0. The molecule has 0 aromatic carbocycles. The van der Waals surface area contributed by atoms with Gasteiger partial charge in [0.25, 0.3) is 0 Å². The third-order valence-corrected chi connectivity index (χ3v) is 3.82. The highest BCUT2D eigenvalue weighted by Crippen LogP contribution is 2.18. The van der Waals surface area contributed by atoms with Crippen molar-refractivity contribution in [3.63, 3.8) is 0 Å². The monoisotopic (exact) mass is 472 g/mol. The highest BCUT2D eigenvalue weighted by Gasteiger charge is 2.28. The van der Waals surface area contributed by atoms with Gasteiger partial charge in [-0.15, -0.1) is 24.0 Å². The van der Waals surface area contributed by atoms with E-state index in [1.54, 1.807) is 6.07 Å². The minimum atomic E-state index is -4.37. The summed E-state index contributed by atoms with van der Waals surface area (Å²) in [4.78, 5) is 8.09. The van der Waals surface area contributed by atoms with E-state index >= 15 is 0 Å². The molecular weight excluding hydrogens is 448 g/mol. The van der Waals surface area contributed by atoms with Crippen LogP contribution in [0.15, 0.2) is 23.3 Å². The Morgan fingerprint density at radius 1 is 1.24 bits per heavy atom. The number of guanidine groups is 1. The summed E-state index contributed by atoms with van der Waals surface area (Å²) < 4.78 is 40.7. The molecule has 5 nitrogen and oxygen atoms in total. The maximum atomic E-state index is 12.1. The Labute approximate surface area is 162 Å². The zero-order chi connectivity index (χ0) is 17.4. The molecular formula is C16H24F3IN4O. The van der Waals surface area contributed by atoms with Gasteiger partial charge in [-0.1, -0.05) is 31.7 Å². The molecule has 1 aliphatic carbocycles. The van der Waals surface area contributed by atoms with Crippen LogP contribution in [0.2, 0.25) is 0 Å². The third-order valence-electron chi connectivity index (χ3n) is 3.82. The molecule has 1 aromatic rings. The van der Waals surface area contributed by atoms with E-state index in [0.29, 0.717) is 18.5 Å². The number of alkyl halides is 3. The standard InChI is InChI=1S/C16H23F3N4O.HI/c17-16(18,19)11-24-14-8-7-12(9-21-14)10-22-15(20)23-13-5-3-1-2-4-6-13;/h7-9,13H,1-6,10-11H2,(H3,20,22,23);1H. The second-order valence-corrected chi connectivity index (χ2v) is 5.94. The molecule has 3 N–H and O–H groups in total. The molecule has 0 bridgehead atoms. The van der Waals surface area contributed by atoms with Crippen LogP contribution in [0.5, 0.6) is 5.88 Å². The molecule has 2 rings (SSSR count). The van der Waals surface area contributed by atoms with Crippen LogP contribution >= 0.6 is 24.0 Å². The first kappa shape index (κ1) is 21.8. The number of rotatable bonds is 5. The molecule has 0 spiro atoms.